The molecule has 0 saturated heterocycles. The Morgan fingerprint density at radius 3 is 2.24 bits per heavy atom. The molecule has 8 heteroatoms. The number of halogens is 2. The maximum atomic E-state index is 13.4. The number of ether oxygens (including phenoxy) is 2. The Hall–Kier alpha value is -2.57. The van der Waals surface area contributed by atoms with Crippen molar-refractivity contribution in [3.8, 4) is 5.75 Å². The zero-order valence-corrected chi connectivity index (χ0v) is 20.2. The number of carbonyl (C=O) groups excluding carboxylic acids is 3. The van der Waals surface area contributed by atoms with Gasteiger partial charge < -0.3 is 14.4 Å². The number of Topliss-reactive ketones (excluding diaryl/α,β-unsaturated/α-hetero) is 1. The van der Waals surface area contributed by atoms with Gasteiger partial charge in [-0.15, -0.1) is 23.2 Å². The molecule has 0 bridgehead atoms. The fraction of sp³-hybridized carbons (Fsp3) is 0.400. The average molecular weight is 494 g/mol. The normalized spacial score (nSPS) is 11.5. The van der Waals surface area contributed by atoms with Gasteiger partial charge in [0.15, 0.2) is 0 Å². The lowest BCUT2D eigenvalue weighted by Gasteiger charge is -2.26. The molecule has 2 aromatic carbocycles. The van der Waals surface area contributed by atoms with Gasteiger partial charge in [0.25, 0.3) is 0 Å². The molecule has 33 heavy (non-hydrogen) atoms. The third-order valence-corrected chi connectivity index (χ3v) is 5.53. The van der Waals surface area contributed by atoms with E-state index in [4.69, 9.17) is 32.7 Å². The topological polar surface area (TPSA) is 72.9 Å². The lowest BCUT2D eigenvalue weighted by molar-refractivity contribution is -0.153. The molecule has 0 heterocycles. The number of hydrogen-bond donors (Lipinski definition) is 0. The first kappa shape index (κ1) is 26.7. The lowest BCUT2D eigenvalue weighted by atomic mass is 9.95. The summed E-state index contributed by atoms with van der Waals surface area (Å²) in [6, 6.07) is 16.4. The summed E-state index contributed by atoms with van der Waals surface area (Å²) in [7, 11) is 1.57. The summed E-state index contributed by atoms with van der Waals surface area (Å²) in [5, 5.41) is 0. The van der Waals surface area contributed by atoms with Gasteiger partial charge >= 0.3 is 5.97 Å². The van der Waals surface area contributed by atoms with Crippen LogP contribution in [0.5, 0.6) is 5.75 Å². The monoisotopic (exact) mass is 493 g/mol. The summed E-state index contributed by atoms with van der Waals surface area (Å²) in [5.41, 5.74) is 1.63. The minimum absolute atomic E-state index is 0.101. The van der Waals surface area contributed by atoms with E-state index in [0.29, 0.717) is 18.1 Å². The highest BCUT2D eigenvalue weighted by molar-refractivity contribution is 6.18. The number of esters is 1. The molecule has 2 aromatic rings. The van der Waals surface area contributed by atoms with Crippen LogP contribution in [0, 0.1) is 5.92 Å². The number of amides is 1. The van der Waals surface area contributed by atoms with E-state index in [1.807, 2.05) is 30.3 Å². The Morgan fingerprint density at radius 2 is 1.64 bits per heavy atom. The van der Waals surface area contributed by atoms with Crippen LogP contribution >= 0.6 is 23.2 Å². The molecular weight excluding hydrogens is 465 g/mol. The van der Waals surface area contributed by atoms with Crippen LogP contribution < -0.4 is 4.74 Å². The van der Waals surface area contributed by atoms with Gasteiger partial charge in [-0.2, -0.15) is 0 Å². The highest BCUT2D eigenvalue weighted by Crippen LogP contribution is 2.19. The van der Waals surface area contributed by atoms with Crippen LogP contribution in [0.15, 0.2) is 54.6 Å². The summed E-state index contributed by atoms with van der Waals surface area (Å²) in [6.07, 6.45) is 0.857. The van der Waals surface area contributed by atoms with E-state index in [-0.39, 0.29) is 44.2 Å². The first-order valence-corrected chi connectivity index (χ1v) is 11.8. The third kappa shape index (κ3) is 9.06. The molecule has 1 atom stereocenters. The fourth-order valence-electron chi connectivity index (χ4n) is 3.27. The number of methoxy groups -OCH3 is 1. The summed E-state index contributed by atoms with van der Waals surface area (Å²) in [4.78, 5) is 40.0. The molecular formula is C25H29Cl2NO5. The molecule has 1 amide bonds. The zero-order chi connectivity index (χ0) is 24.1. The minimum atomic E-state index is -0.925. The van der Waals surface area contributed by atoms with Crippen LogP contribution in [-0.2, 0) is 32.3 Å². The molecule has 6 nitrogen and oxygen atoms in total. The second kappa shape index (κ2) is 14.6. The van der Waals surface area contributed by atoms with Gasteiger partial charge in [-0.25, -0.2) is 0 Å². The number of carbonyl (C=O) groups is 3. The first-order valence-electron chi connectivity index (χ1n) is 10.7. The van der Waals surface area contributed by atoms with Crippen LogP contribution in [0.2, 0.25) is 0 Å². The third-order valence-electron chi connectivity index (χ3n) is 5.05. The van der Waals surface area contributed by atoms with Crippen molar-refractivity contribution in [3.63, 3.8) is 0 Å². The highest BCUT2D eigenvalue weighted by atomic mass is 35.5. The fourth-order valence-corrected chi connectivity index (χ4v) is 3.62. The number of hydrogen-bond acceptors (Lipinski definition) is 5. The maximum Gasteiger partial charge on any atom is 0.325 e. The van der Waals surface area contributed by atoms with Crippen LogP contribution in [0.25, 0.3) is 0 Å². The highest BCUT2D eigenvalue weighted by Gasteiger charge is 2.31. The van der Waals surface area contributed by atoms with Crippen molar-refractivity contribution in [2.45, 2.75) is 32.4 Å². The van der Waals surface area contributed by atoms with Gasteiger partial charge in [0.2, 0.25) is 5.91 Å². The molecule has 1 unspecified atom stereocenters. The van der Waals surface area contributed by atoms with E-state index in [1.54, 1.807) is 31.4 Å². The van der Waals surface area contributed by atoms with Gasteiger partial charge in [-0.1, -0.05) is 42.5 Å². The number of rotatable bonds is 14. The average Bonchev–Trinajstić information content (AvgIpc) is 2.84. The summed E-state index contributed by atoms with van der Waals surface area (Å²) in [6.45, 7) is -0.0336. The molecule has 0 aliphatic rings. The molecule has 0 aromatic heterocycles. The largest absolute Gasteiger partial charge is 0.497 e. The predicted molar refractivity (Wildman–Crippen MR) is 128 cm³/mol. The van der Waals surface area contributed by atoms with Crippen molar-refractivity contribution < 1.29 is 23.9 Å². The van der Waals surface area contributed by atoms with Crippen molar-refractivity contribution in [2.75, 3.05) is 25.4 Å². The van der Waals surface area contributed by atoms with Gasteiger partial charge in [0, 0.05) is 24.7 Å². The van der Waals surface area contributed by atoms with Crippen molar-refractivity contribution in [1.29, 1.82) is 0 Å². The second-order valence-electron chi connectivity index (χ2n) is 7.48. The maximum absolute atomic E-state index is 13.4. The Kier molecular flexibility index (Phi) is 11.8. The van der Waals surface area contributed by atoms with E-state index in [0.717, 1.165) is 11.1 Å². The summed E-state index contributed by atoms with van der Waals surface area (Å²) >= 11 is 11.6. The predicted octanol–water partition coefficient (Wildman–Crippen LogP) is 4.60. The minimum Gasteiger partial charge on any atom is -0.497 e. The summed E-state index contributed by atoms with van der Waals surface area (Å²) in [5.74, 6) is -0.992. The zero-order valence-electron chi connectivity index (χ0n) is 18.7. The van der Waals surface area contributed by atoms with Crippen molar-refractivity contribution >= 4 is 40.9 Å². The molecule has 0 saturated carbocycles. The Bertz CT molecular complexity index is 889. The number of benzene rings is 2. The van der Waals surface area contributed by atoms with E-state index < -0.39 is 17.8 Å². The Morgan fingerprint density at radius 1 is 0.939 bits per heavy atom. The van der Waals surface area contributed by atoms with Crippen molar-refractivity contribution in [2.24, 2.45) is 5.92 Å². The van der Waals surface area contributed by atoms with Crippen LogP contribution in [0.1, 0.15) is 30.4 Å². The molecule has 0 spiro atoms. The number of alkyl halides is 2. The SMILES string of the molecule is COc1ccc(CN(CC(=O)OCc2ccccc2)C(=O)C(CCCl)C(=O)CCCCl)cc1. The molecule has 0 aliphatic carbocycles. The van der Waals surface area contributed by atoms with Crippen molar-refractivity contribution in [3.05, 3.63) is 65.7 Å². The van der Waals surface area contributed by atoms with Gasteiger partial charge in [0.1, 0.15) is 24.7 Å². The van der Waals surface area contributed by atoms with Crippen LogP contribution in [0.3, 0.4) is 0 Å². The first-order chi connectivity index (χ1) is 16.0. The second-order valence-corrected chi connectivity index (χ2v) is 8.23. The van der Waals surface area contributed by atoms with Gasteiger partial charge in [-0.05, 0) is 36.1 Å². The van der Waals surface area contributed by atoms with Crippen molar-refractivity contribution in [1.82, 2.24) is 4.90 Å². The van der Waals surface area contributed by atoms with E-state index >= 15 is 0 Å². The molecule has 0 radical (unpaired) electrons. The molecule has 178 valence electrons. The lowest BCUT2D eigenvalue weighted by Crippen LogP contribution is -2.42. The molecule has 0 aliphatic heterocycles. The molecule has 0 N–H and O–H groups in total. The number of nitrogens with zero attached hydrogens (tertiary/aromatic N) is 1. The molecule has 2 rings (SSSR count). The van der Waals surface area contributed by atoms with E-state index in [2.05, 4.69) is 0 Å². The van der Waals surface area contributed by atoms with Crippen LogP contribution in [0.4, 0.5) is 0 Å². The standard InChI is InChI=1S/C25H29Cl2NO5/c1-32-21-11-9-19(10-12-21)16-28(17-24(30)33-18-20-6-3-2-4-7-20)25(31)22(13-15-27)23(29)8-5-14-26/h2-4,6-7,9-12,22H,5,8,13-18H2,1H3. The van der Waals surface area contributed by atoms with Gasteiger partial charge in [-0.3, -0.25) is 14.4 Å². The molecule has 0 fully saturated rings. The Labute approximate surface area is 204 Å². The Balaban J connectivity index is 2.16. The quantitative estimate of drug-likeness (QED) is 0.218. The smallest absolute Gasteiger partial charge is 0.325 e. The van der Waals surface area contributed by atoms with E-state index in [9.17, 15) is 14.4 Å². The van der Waals surface area contributed by atoms with Crippen LogP contribution in [-0.4, -0.2) is 48.0 Å². The number of ketones is 1. The van der Waals surface area contributed by atoms with Gasteiger partial charge in [0.05, 0.1) is 13.0 Å². The summed E-state index contributed by atoms with van der Waals surface area (Å²) < 4.78 is 10.5. The van der Waals surface area contributed by atoms with E-state index in [1.165, 1.54) is 4.90 Å².